The minimum Gasteiger partial charge on any atom is -0.447 e. The lowest BCUT2D eigenvalue weighted by atomic mass is 10.6. The molecular formula is C5H6Br2O2. The van der Waals surface area contributed by atoms with Gasteiger partial charge >= 0.3 is 5.97 Å². The Balaban J connectivity index is 3.46. The molecule has 0 aromatic carbocycles. The molecule has 0 aliphatic heterocycles. The van der Waals surface area contributed by atoms with E-state index >= 15 is 0 Å². The van der Waals surface area contributed by atoms with Gasteiger partial charge in [-0.2, -0.15) is 0 Å². The Bertz CT molecular complexity index is 114. The maximum atomic E-state index is 10.4. The molecule has 0 saturated heterocycles. The Hall–Kier alpha value is 0.170. The first-order valence-electron chi connectivity index (χ1n) is 2.23. The molecule has 0 aliphatic rings. The second kappa shape index (κ2) is 4.99. The Morgan fingerprint density at radius 1 is 1.89 bits per heavy atom. The van der Waals surface area contributed by atoms with Crippen LogP contribution in [0.1, 0.15) is 0 Å². The Morgan fingerprint density at radius 2 is 2.44 bits per heavy atom. The van der Waals surface area contributed by atoms with Gasteiger partial charge in [0.2, 0.25) is 0 Å². The summed E-state index contributed by atoms with van der Waals surface area (Å²) in [6, 6.07) is 0. The van der Waals surface area contributed by atoms with Crippen LogP contribution in [-0.4, -0.2) is 16.3 Å². The summed E-state index contributed by atoms with van der Waals surface area (Å²) in [5.41, 5.74) is 0. The summed E-state index contributed by atoms with van der Waals surface area (Å²) < 4.78 is 4.66. The molecule has 0 fully saturated rings. The maximum absolute atomic E-state index is 10.4. The molecule has 1 unspecified atom stereocenters. The largest absolute Gasteiger partial charge is 0.447 e. The Kier molecular flexibility index (Phi) is 5.09. The second-order valence-electron chi connectivity index (χ2n) is 1.21. The van der Waals surface area contributed by atoms with Crippen molar-refractivity contribution in [1.82, 2.24) is 0 Å². The van der Waals surface area contributed by atoms with Crippen molar-refractivity contribution in [3.05, 3.63) is 12.7 Å². The number of halogens is 2. The maximum Gasteiger partial charge on any atom is 0.331 e. The summed E-state index contributed by atoms with van der Waals surface area (Å²) in [5, 5.41) is 0.315. The summed E-state index contributed by atoms with van der Waals surface area (Å²) in [5.74, 6) is -0.420. The number of esters is 1. The first-order valence-corrected chi connectivity index (χ1v) is 4.27. The highest BCUT2D eigenvalue weighted by molar-refractivity contribution is 9.12. The van der Waals surface area contributed by atoms with Gasteiger partial charge in [0.15, 0.2) is 5.01 Å². The molecule has 0 saturated carbocycles. The number of hydrogen-bond acceptors (Lipinski definition) is 2. The number of carbonyl (C=O) groups is 1. The van der Waals surface area contributed by atoms with E-state index in [0.29, 0.717) is 5.33 Å². The van der Waals surface area contributed by atoms with Crippen molar-refractivity contribution in [1.29, 1.82) is 0 Å². The fourth-order valence-corrected chi connectivity index (χ4v) is 0.522. The van der Waals surface area contributed by atoms with Crippen LogP contribution in [0.5, 0.6) is 0 Å². The van der Waals surface area contributed by atoms with Crippen LogP contribution in [0.2, 0.25) is 0 Å². The molecule has 0 amide bonds. The van der Waals surface area contributed by atoms with Crippen LogP contribution >= 0.6 is 31.9 Å². The van der Waals surface area contributed by atoms with Gasteiger partial charge in [0, 0.05) is 6.08 Å². The van der Waals surface area contributed by atoms with E-state index in [0.717, 1.165) is 6.08 Å². The van der Waals surface area contributed by atoms with Crippen LogP contribution in [0.15, 0.2) is 12.7 Å². The van der Waals surface area contributed by atoms with Gasteiger partial charge in [0.1, 0.15) is 0 Å². The lowest BCUT2D eigenvalue weighted by molar-refractivity contribution is -0.138. The predicted octanol–water partition coefficient (Wildman–Crippen LogP) is 1.83. The third-order valence-electron chi connectivity index (χ3n) is 0.532. The molecule has 0 spiro atoms. The molecule has 4 heteroatoms. The normalized spacial score (nSPS) is 12.2. The van der Waals surface area contributed by atoms with Gasteiger partial charge in [-0.3, -0.25) is 0 Å². The second-order valence-corrected chi connectivity index (χ2v) is 2.87. The van der Waals surface area contributed by atoms with E-state index < -0.39 is 5.97 Å². The molecule has 0 aromatic heterocycles. The topological polar surface area (TPSA) is 26.3 Å². The molecule has 0 aromatic rings. The minimum atomic E-state index is -0.420. The van der Waals surface area contributed by atoms with E-state index in [-0.39, 0.29) is 5.01 Å². The van der Waals surface area contributed by atoms with Crippen LogP contribution in [-0.2, 0) is 9.53 Å². The summed E-state index contributed by atoms with van der Waals surface area (Å²) >= 11 is 6.19. The van der Waals surface area contributed by atoms with Crippen molar-refractivity contribution in [3.8, 4) is 0 Å². The van der Waals surface area contributed by atoms with Crippen LogP contribution in [0.25, 0.3) is 0 Å². The molecule has 0 bridgehead atoms. The lowest BCUT2D eigenvalue weighted by Crippen LogP contribution is -2.10. The molecule has 9 heavy (non-hydrogen) atoms. The van der Waals surface area contributed by atoms with E-state index in [1.54, 1.807) is 0 Å². The third-order valence-corrected chi connectivity index (χ3v) is 2.50. The first kappa shape index (κ1) is 9.17. The van der Waals surface area contributed by atoms with Crippen LogP contribution < -0.4 is 0 Å². The van der Waals surface area contributed by atoms with Crippen LogP contribution in [0, 0.1) is 0 Å². The standard InChI is InChI=1S/C5H6Br2O2/c1-2-5(8)9-4(7)3-6/h2,4H,1,3H2. The third kappa shape index (κ3) is 4.66. The zero-order chi connectivity index (χ0) is 7.28. The first-order chi connectivity index (χ1) is 4.20. The van der Waals surface area contributed by atoms with Gasteiger partial charge < -0.3 is 4.74 Å². The van der Waals surface area contributed by atoms with Crippen molar-refractivity contribution in [2.24, 2.45) is 0 Å². The van der Waals surface area contributed by atoms with Crippen LogP contribution in [0.3, 0.4) is 0 Å². The molecule has 0 N–H and O–H groups in total. The number of alkyl halides is 2. The highest BCUT2D eigenvalue weighted by Crippen LogP contribution is 2.04. The SMILES string of the molecule is C=CC(=O)OC(Br)CBr. The molecule has 0 aliphatic carbocycles. The monoisotopic (exact) mass is 256 g/mol. The van der Waals surface area contributed by atoms with Gasteiger partial charge in [-0.05, 0) is 15.9 Å². The number of ether oxygens (including phenoxy) is 1. The van der Waals surface area contributed by atoms with E-state index in [9.17, 15) is 4.79 Å². The molecule has 0 radical (unpaired) electrons. The number of hydrogen-bond donors (Lipinski definition) is 0. The number of rotatable bonds is 3. The van der Waals surface area contributed by atoms with Crippen molar-refractivity contribution in [2.45, 2.75) is 5.01 Å². The average Bonchev–Trinajstić information content (AvgIpc) is 1.87. The fourth-order valence-electron chi connectivity index (χ4n) is 0.206. The minimum absolute atomic E-state index is 0.261. The lowest BCUT2D eigenvalue weighted by Gasteiger charge is -2.04. The summed E-state index contributed by atoms with van der Waals surface area (Å²) in [7, 11) is 0. The molecular weight excluding hydrogens is 252 g/mol. The van der Waals surface area contributed by atoms with Crippen molar-refractivity contribution >= 4 is 37.8 Å². The fraction of sp³-hybridized carbons (Fsp3) is 0.400. The summed E-state index contributed by atoms with van der Waals surface area (Å²) in [6.45, 7) is 3.24. The highest BCUT2D eigenvalue weighted by Gasteiger charge is 2.04. The van der Waals surface area contributed by atoms with Gasteiger partial charge in [0.05, 0.1) is 5.33 Å². The molecule has 0 heterocycles. The average molecular weight is 258 g/mol. The van der Waals surface area contributed by atoms with Crippen molar-refractivity contribution in [3.63, 3.8) is 0 Å². The van der Waals surface area contributed by atoms with Gasteiger partial charge in [-0.25, -0.2) is 4.79 Å². The van der Waals surface area contributed by atoms with Gasteiger partial charge in [-0.1, -0.05) is 22.5 Å². The zero-order valence-electron chi connectivity index (χ0n) is 4.64. The zero-order valence-corrected chi connectivity index (χ0v) is 7.81. The molecule has 0 rings (SSSR count). The predicted molar refractivity (Wildman–Crippen MR) is 42.8 cm³/mol. The quantitative estimate of drug-likeness (QED) is 0.438. The van der Waals surface area contributed by atoms with Crippen molar-refractivity contribution < 1.29 is 9.53 Å². The molecule has 1 atom stereocenters. The molecule has 2 nitrogen and oxygen atoms in total. The van der Waals surface area contributed by atoms with Crippen molar-refractivity contribution in [2.75, 3.05) is 5.33 Å². The van der Waals surface area contributed by atoms with Crippen LogP contribution in [0.4, 0.5) is 0 Å². The van der Waals surface area contributed by atoms with E-state index in [1.165, 1.54) is 0 Å². The Morgan fingerprint density at radius 3 is 2.78 bits per heavy atom. The summed E-state index contributed by atoms with van der Waals surface area (Å²) in [6.07, 6.45) is 1.12. The van der Waals surface area contributed by atoms with E-state index in [1.807, 2.05) is 0 Å². The summed E-state index contributed by atoms with van der Waals surface area (Å²) in [4.78, 5) is 10.4. The number of carbonyl (C=O) groups excluding carboxylic acids is 1. The van der Waals surface area contributed by atoms with E-state index in [4.69, 9.17) is 0 Å². The highest BCUT2D eigenvalue weighted by atomic mass is 79.9. The molecule has 52 valence electrons. The van der Waals surface area contributed by atoms with Gasteiger partial charge in [0.25, 0.3) is 0 Å². The van der Waals surface area contributed by atoms with Gasteiger partial charge in [-0.15, -0.1) is 0 Å². The Labute approximate surface area is 70.5 Å². The van der Waals surface area contributed by atoms with E-state index in [2.05, 4.69) is 43.2 Å². The smallest absolute Gasteiger partial charge is 0.331 e.